The molecule has 2 atom stereocenters. The maximum Gasteiger partial charge on any atom is 0.00925 e. The third-order valence-electron chi connectivity index (χ3n) is 3.93. The number of rotatable bonds is 5. The van der Waals surface area contributed by atoms with Gasteiger partial charge in [0.2, 0.25) is 0 Å². The second-order valence-electron chi connectivity index (χ2n) is 5.08. The van der Waals surface area contributed by atoms with Gasteiger partial charge in [0, 0.05) is 12.1 Å². The van der Waals surface area contributed by atoms with E-state index in [0.717, 1.165) is 12.0 Å². The minimum atomic E-state index is 0.387. The molecule has 0 spiro atoms. The van der Waals surface area contributed by atoms with Crippen LogP contribution in [-0.4, -0.2) is 30.1 Å². The van der Waals surface area contributed by atoms with E-state index < -0.39 is 0 Å². The fourth-order valence-corrected chi connectivity index (χ4v) is 2.79. The molecule has 1 saturated heterocycles. The Morgan fingerprint density at radius 2 is 1.87 bits per heavy atom. The van der Waals surface area contributed by atoms with Gasteiger partial charge in [-0.3, -0.25) is 0 Å². The van der Waals surface area contributed by atoms with Crippen LogP contribution in [0, 0.1) is 5.92 Å². The Kier molecular flexibility index (Phi) is 5.62. The van der Waals surface area contributed by atoms with Crippen molar-refractivity contribution in [3.63, 3.8) is 0 Å². The lowest BCUT2D eigenvalue weighted by molar-refractivity contribution is 0.115. The van der Waals surface area contributed by atoms with Crippen LogP contribution in [0.25, 0.3) is 0 Å². The van der Waals surface area contributed by atoms with Gasteiger partial charge in [0.1, 0.15) is 0 Å². The van der Waals surface area contributed by atoms with E-state index in [1.54, 1.807) is 0 Å². The van der Waals surface area contributed by atoms with E-state index >= 15 is 0 Å². The quantitative estimate of drug-likeness (QED) is 0.759. The van der Waals surface area contributed by atoms with Crippen molar-refractivity contribution in [2.45, 2.75) is 65.0 Å². The number of hydrogen-bond donors (Lipinski definition) is 1. The number of likely N-dealkylation sites (tertiary alicyclic amines) is 1. The largest absolute Gasteiger partial charge is 0.328 e. The average molecular weight is 212 g/mol. The van der Waals surface area contributed by atoms with Gasteiger partial charge in [-0.15, -0.1) is 0 Å². The smallest absolute Gasteiger partial charge is 0.00925 e. The number of nitrogens with zero attached hydrogens (tertiary/aromatic N) is 1. The summed E-state index contributed by atoms with van der Waals surface area (Å²) < 4.78 is 0. The van der Waals surface area contributed by atoms with Crippen molar-refractivity contribution in [3.8, 4) is 0 Å². The zero-order valence-electron chi connectivity index (χ0n) is 10.7. The molecule has 1 fully saturated rings. The lowest BCUT2D eigenvalue weighted by Crippen LogP contribution is -2.44. The summed E-state index contributed by atoms with van der Waals surface area (Å²) in [6.45, 7) is 9.30. The van der Waals surface area contributed by atoms with E-state index in [2.05, 4.69) is 25.7 Å². The van der Waals surface area contributed by atoms with Crippen molar-refractivity contribution in [1.29, 1.82) is 0 Å². The van der Waals surface area contributed by atoms with Crippen molar-refractivity contribution in [1.82, 2.24) is 4.90 Å². The molecule has 15 heavy (non-hydrogen) atoms. The summed E-state index contributed by atoms with van der Waals surface area (Å²) >= 11 is 0. The molecular formula is C13H28N2. The average Bonchev–Trinajstić information content (AvgIpc) is 2.26. The third-order valence-corrected chi connectivity index (χ3v) is 3.93. The fourth-order valence-electron chi connectivity index (χ4n) is 2.79. The van der Waals surface area contributed by atoms with Crippen LogP contribution in [0.5, 0.6) is 0 Å². The lowest BCUT2D eigenvalue weighted by atomic mass is 9.89. The second kappa shape index (κ2) is 6.49. The number of nitrogens with two attached hydrogens (primary N) is 1. The molecule has 0 aromatic heterocycles. The fraction of sp³-hybridized carbons (Fsp3) is 1.00. The summed E-state index contributed by atoms with van der Waals surface area (Å²) in [6, 6.07) is 1.21. The molecule has 2 N–H and O–H groups in total. The van der Waals surface area contributed by atoms with Gasteiger partial charge in [-0.25, -0.2) is 0 Å². The Morgan fingerprint density at radius 3 is 2.27 bits per heavy atom. The topological polar surface area (TPSA) is 29.3 Å². The molecule has 0 aliphatic carbocycles. The zero-order chi connectivity index (χ0) is 11.3. The Balaban J connectivity index is 2.35. The van der Waals surface area contributed by atoms with Crippen LogP contribution in [0.4, 0.5) is 0 Å². The molecule has 2 unspecified atom stereocenters. The molecule has 1 aliphatic heterocycles. The number of piperidine rings is 1. The van der Waals surface area contributed by atoms with Gasteiger partial charge in [0.05, 0.1) is 0 Å². The van der Waals surface area contributed by atoms with Crippen molar-refractivity contribution in [2.75, 3.05) is 13.1 Å². The summed E-state index contributed by atoms with van der Waals surface area (Å²) in [5.41, 5.74) is 5.96. The maximum atomic E-state index is 5.96. The molecule has 1 aliphatic rings. The van der Waals surface area contributed by atoms with Crippen molar-refractivity contribution in [3.05, 3.63) is 0 Å². The highest BCUT2D eigenvalue weighted by atomic mass is 15.2. The van der Waals surface area contributed by atoms with Crippen molar-refractivity contribution in [2.24, 2.45) is 11.7 Å². The van der Waals surface area contributed by atoms with Gasteiger partial charge in [-0.2, -0.15) is 0 Å². The van der Waals surface area contributed by atoms with Gasteiger partial charge < -0.3 is 10.6 Å². The molecule has 0 bridgehead atoms. The Morgan fingerprint density at radius 1 is 1.27 bits per heavy atom. The molecule has 0 saturated carbocycles. The highest BCUT2D eigenvalue weighted by molar-refractivity contribution is 4.80. The molecule has 0 aromatic rings. The lowest BCUT2D eigenvalue weighted by Gasteiger charge is -2.38. The van der Waals surface area contributed by atoms with E-state index in [0.29, 0.717) is 6.04 Å². The van der Waals surface area contributed by atoms with Gasteiger partial charge in [-0.05, 0) is 51.6 Å². The van der Waals surface area contributed by atoms with Crippen LogP contribution in [-0.2, 0) is 0 Å². The molecule has 0 radical (unpaired) electrons. The molecule has 1 rings (SSSR count). The summed E-state index contributed by atoms with van der Waals surface area (Å²) in [4.78, 5) is 2.68. The number of hydrogen-bond acceptors (Lipinski definition) is 2. The van der Waals surface area contributed by atoms with Crippen molar-refractivity contribution >= 4 is 0 Å². The van der Waals surface area contributed by atoms with Gasteiger partial charge in [0.25, 0.3) is 0 Å². The van der Waals surface area contributed by atoms with E-state index in [1.165, 1.54) is 45.2 Å². The predicted octanol–water partition coefficient (Wildman–Crippen LogP) is 2.62. The van der Waals surface area contributed by atoms with Crippen LogP contribution in [0.1, 0.15) is 52.9 Å². The summed E-state index contributed by atoms with van der Waals surface area (Å²) in [6.07, 6.45) is 6.58. The van der Waals surface area contributed by atoms with E-state index in [-0.39, 0.29) is 0 Å². The summed E-state index contributed by atoms with van der Waals surface area (Å²) in [5, 5.41) is 0. The van der Waals surface area contributed by atoms with E-state index in [9.17, 15) is 0 Å². The predicted molar refractivity (Wildman–Crippen MR) is 66.9 cm³/mol. The minimum absolute atomic E-state index is 0.387. The molecule has 0 amide bonds. The first-order valence-corrected chi connectivity index (χ1v) is 6.68. The van der Waals surface area contributed by atoms with E-state index in [1.807, 2.05) is 0 Å². The molecule has 0 aromatic carbocycles. The molecular weight excluding hydrogens is 184 g/mol. The monoisotopic (exact) mass is 212 g/mol. The van der Waals surface area contributed by atoms with Crippen LogP contribution in [0.15, 0.2) is 0 Å². The van der Waals surface area contributed by atoms with Gasteiger partial charge in [0.15, 0.2) is 0 Å². The highest BCUT2D eigenvalue weighted by Crippen LogP contribution is 2.23. The Bertz CT molecular complexity index is 160. The van der Waals surface area contributed by atoms with Crippen LogP contribution >= 0.6 is 0 Å². The SMILES string of the molecule is CCCC(CC)N1CCC(C(C)N)CC1. The first kappa shape index (κ1) is 13.0. The molecule has 90 valence electrons. The van der Waals surface area contributed by atoms with E-state index in [4.69, 9.17) is 5.73 Å². The minimum Gasteiger partial charge on any atom is -0.328 e. The Hall–Kier alpha value is -0.0800. The Labute approximate surface area is 95.2 Å². The highest BCUT2D eigenvalue weighted by Gasteiger charge is 2.25. The summed E-state index contributed by atoms with van der Waals surface area (Å²) in [5.74, 6) is 0.764. The maximum absolute atomic E-state index is 5.96. The van der Waals surface area contributed by atoms with Crippen LogP contribution in [0.3, 0.4) is 0 Å². The van der Waals surface area contributed by atoms with Gasteiger partial charge in [-0.1, -0.05) is 20.3 Å². The first-order chi connectivity index (χ1) is 7.19. The second-order valence-corrected chi connectivity index (χ2v) is 5.08. The van der Waals surface area contributed by atoms with Crippen LogP contribution < -0.4 is 5.73 Å². The van der Waals surface area contributed by atoms with Gasteiger partial charge >= 0.3 is 0 Å². The van der Waals surface area contributed by atoms with Crippen molar-refractivity contribution < 1.29 is 0 Å². The third kappa shape index (κ3) is 3.76. The molecule has 1 heterocycles. The normalized spacial score (nSPS) is 24.0. The first-order valence-electron chi connectivity index (χ1n) is 6.68. The zero-order valence-corrected chi connectivity index (χ0v) is 10.7. The molecule has 2 nitrogen and oxygen atoms in total. The standard InChI is InChI=1S/C13H28N2/c1-4-6-13(5-2)15-9-7-12(8-10-15)11(3)14/h11-13H,4-10,14H2,1-3H3. The molecule has 2 heteroatoms. The summed E-state index contributed by atoms with van der Waals surface area (Å²) in [7, 11) is 0. The van der Waals surface area contributed by atoms with Crippen LogP contribution in [0.2, 0.25) is 0 Å².